The van der Waals surface area contributed by atoms with Gasteiger partial charge in [-0.1, -0.05) is 11.6 Å². The number of carboxylic acids is 1. The van der Waals surface area contributed by atoms with Gasteiger partial charge >= 0.3 is 5.97 Å². The van der Waals surface area contributed by atoms with Crippen molar-refractivity contribution in [2.24, 2.45) is 0 Å². The molecule has 0 unspecified atom stereocenters. The van der Waals surface area contributed by atoms with Crippen molar-refractivity contribution in [3.8, 4) is 0 Å². The van der Waals surface area contributed by atoms with Gasteiger partial charge in [0.1, 0.15) is 10.7 Å². The molecule has 2 aromatic rings. The molecule has 7 nitrogen and oxygen atoms in total. The molecule has 0 aliphatic heterocycles. The van der Waals surface area contributed by atoms with E-state index in [1.807, 2.05) is 0 Å². The molecule has 0 radical (unpaired) electrons. The van der Waals surface area contributed by atoms with Gasteiger partial charge in [-0.05, 0) is 62.4 Å². The fourth-order valence-electron chi connectivity index (χ4n) is 3.17. The number of rotatable bonds is 9. The third kappa shape index (κ3) is 5.24. The summed E-state index contributed by atoms with van der Waals surface area (Å²) in [7, 11) is -3.93. The first-order chi connectivity index (χ1) is 13.5. The zero-order valence-corrected chi connectivity index (χ0v) is 16.3. The number of sulfonamides is 1. The van der Waals surface area contributed by atoms with Crippen LogP contribution < -0.4 is 10.0 Å². The quantitative estimate of drug-likeness (QED) is 0.549. The van der Waals surface area contributed by atoms with Crippen LogP contribution in [0.2, 0.25) is 0 Å². The number of furan rings is 1. The molecule has 3 rings (SSSR count). The Morgan fingerprint density at radius 1 is 1.21 bits per heavy atom. The van der Waals surface area contributed by atoms with E-state index in [2.05, 4.69) is 16.1 Å². The van der Waals surface area contributed by atoms with E-state index in [-0.39, 0.29) is 17.0 Å². The lowest BCUT2D eigenvalue weighted by molar-refractivity contribution is 0.0696. The molecule has 1 aromatic heterocycles. The number of carboxylic acid groups (broad SMARTS) is 1. The highest BCUT2D eigenvalue weighted by Gasteiger charge is 2.21. The molecule has 3 N–H and O–H groups in total. The largest absolute Gasteiger partial charge is 0.478 e. The van der Waals surface area contributed by atoms with Crippen molar-refractivity contribution < 1.29 is 22.7 Å². The summed E-state index contributed by atoms with van der Waals surface area (Å²) >= 11 is 0. The van der Waals surface area contributed by atoms with Crippen LogP contribution in [0.5, 0.6) is 0 Å². The van der Waals surface area contributed by atoms with Crippen LogP contribution in [0, 0.1) is 0 Å². The van der Waals surface area contributed by atoms with Crippen LogP contribution in [0.15, 0.2) is 57.6 Å². The predicted octanol–water partition coefficient (Wildman–Crippen LogP) is 3.76. The molecule has 1 aromatic carbocycles. The van der Waals surface area contributed by atoms with Crippen LogP contribution in [0.25, 0.3) is 0 Å². The van der Waals surface area contributed by atoms with Crippen molar-refractivity contribution in [2.45, 2.75) is 43.5 Å². The third-order valence-corrected chi connectivity index (χ3v) is 6.12. The highest BCUT2D eigenvalue weighted by Crippen LogP contribution is 2.25. The fraction of sp³-hybridized carbons (Fsp3) is 0.350. The summed E-state index contributed by atoms with van der Waals surface area (Å²) in [5.41, 5.74) is 1.67. The molecule has 1 heterocycles. The van der Waals surface area contributed by atoms with Gasteiger partial charge in [0.15, 0.2) is 0 Å². The number of hydrogen-bond donors (Lipinski definition) is 3. The first kappa shape index (κ1) is 20.2. The Balaban J connectivity index is 1.76. The summed E-state index contributed by atoms with van der Waals surface area (Å²) < 4.78 is 33.2. The van der Waals surface area contributed by atoms with Crippen molar-refractivity contribution in [1.82, 2.24) is 4.72 Å². The van der Waals surface area contributed by atoms with Gasteiger partial charge in [0, 0.05) is 6.54 Å². The molecular weight excluding hydrogens is 380 g/mol. The van der Waals surface area contributed by atoms with E-state index >= 15 is 0 Å². The van der Waals surface area contributed by atoms with Crippen molar-refractivity contribution in [3.63, 3.8) is 0 Å². The second-order valence-electron chi connectivity index (χ2n) is 6.70. The van der Waals surface area contributed by atoms with E-state index in [9.17, 15) is 18.3 Å². The second-order valence-corrected chi connectivity index (χ2v) is 8.44. The van der Waals surface area contributed by atoms with Gasteiger partial charge in [0.2, 0.25) is 10.0 Å². The van der Waals surface area contributed by atoms with Crippen LogP contribution in [0.3, 0.4) is 0 Å². The molecule has 0 fully saturated rings. The molecule has 0 amide bonds. The maximum absolute atomic E-state index is 12.8. The molecular formula is C20H24N2O5S. The van der Waals surface area contributed by atoms with Gasteiger partial charge in [0.25, 0.3) is 0 Å². The molecule has 150 valence electrons. The van der Waals surface area contributed by atoms with E-state index in [1.165, 1.54) is 42.9 Å². The van der Waals surface area contributed by atoms with E-state index < -0.39 is 16.0 Å². The summed E-state index contributed by atoms with van der Waals surface area (Å²) in [6.07, 6.45) is 9.13. The lowest BCUT2D eigenvalue weighted by atomic mass is 9.97. The number of carbonyl (C=O) groups is 1. The summed E-state index contributed by atoms with van der Waals surface area (Å²) in [5, 5.41) is 12.4. The van der Waals surface area contributed by atoms with Gasteiger partial charge < -0.3 is 14.8 Å². The Morgan fingerprint density at radius 2 is 2.07 bits per heavy atom. The zero-order chi connectivity index (χ0) is 20.0. The van der Waals surface area contributed by atoms with Crippen LogP contribution in [0.1, 0.15) is 48.2 Å². The SMILES string of the molecule is O=C(O)c1ccc(NCCC2=CCCCC2)c(S(=O)(=O)NCc2ccco2)c1. The van der Waals surface area contributed by atoms with Crippen molar-refractivity contribution >= 4 is 21.7 Å². The van der Waals surface area contributed by atoms with E-state index in [0.29, 0.717) is 18.0 Å². The van der Waals surface area contributed by atoms with Crippen molar-refractivity contribution in [2.75, 3.05) is 11.9 Å². The number of hydrogen-bond acceptors (Lipinski definition) is 5. The molecule has 1 aliphatic rings. The fourth-order valence-corrected chi connectivity index (χ4v) is 4.37. The monoisotopic (exact) mass is 404 g/mol. The summed E-state index contributed by atoms with van der Waals surface area (Å²) in [4.78, 5) is 11.2. The first-order valence-electron chi connectivity index (χ1n) is 9.27. The van der Waals surface area contributed by atoms with Gasteiger partial charge in [-0.15, -0.1) is 0 Å². The number of aromatic carboxylic acids is 1. The Morgan fingerprint density at radius 3 is 2.75 bits per heavy atom. The Kier molecular flexibility index (Phi) is 6.53. The van der Waals surface area contributed by atoms with Crippen LogP contribution in [-0.4, -0.2) is 26.0 Å². The van der Waals surface area contributed by atoms with Crippen molar-refractivity contribution in [3.05, 3.63) is 59.6 Å². The molecule has 8 heteroatoms. The Labute approximate surface area is 164 Å². The second kappa shape index (κ2) is 9.07. The lowest BCUT2D eigenvalue weighted by Crippen LogP contribution is -2.24. The number of anilines is 1. The van der Waals surface area contributed by atoms with E-state index in [4.69, 9.17) is 4.42 Å². The maximum atomic E-state index is 12.8. The van der Waals surface area contributed by atoms with E-state index in [0.717, 1.165) is 19.3 Å². The van der Waals surface area contributed by atoms with E-state index in [1.54, 1.807) is 12.1 Å². The van der Waals surface area contributed by atoms with Crippen LogP contribution >= 0.6 is 0 Å². The minimum absolute atomic E-state index is 0.0149. The minimum atomic E-state index is -3.93. The summed E-state index contributed by atoms with van der Waals surface area (Å²) in [6.45, 7) is 0.567. The normalized spacial score (nSPS) is 14.5. The smallest absolute Gasteiger partial charge is 0.335 e. The molecule has 0 spiro atoms. The predicted molar refractivity (Wildman–Crippen MR) is 106 cm³/mol. The molecule has 0 atom stereocenters. The number of allylic oxidation sites excluding steroid dienone is 1. The van der Waals surface area contributed by atoms with Crippen LogP contribution in [0.4, 0.5) is 5.69 Å². The standard InChI is InChI=1S/C20H24N2O5S/c23-20(24)16-8-9-18(21-11-10-15-5-2-1-3-6-15)19(13-16)28(25,26)22-14-17-7-4-12-27-17/h4-5,7-9,12-13,21-22H,1-3,6,10-11,14H2,(H,23,24). The molecule has 0 saturated carbocycles. The molecule has 1 aliphatic carbocycles. The topological polar surface area (TPSA) is 109 Å². The molecule has 0 bridgehead atoms. The molecule has 28 heavy (non-hydrogen) atoms. The first-order valence-corrected chi connectivity index (χ1v) is 10.8. The van der Waals surface area contributed by atoms with Gasteiger partial charge in [-0.3, -0.25) is 0 Å². The highest BCUT2D eigenvalue weighted by atomic mass is 32.2. The zero-order valence-electron chi connectivity index (χ0n) is 15.5. The van der Waals surface area contributed by atoms with Gasteiger partial charge in [-0.2, -0.15) is 0 Å². The van der Waals surface area contributed by atoms with Gasteiger partial charge in [-0.25, -0.2) is 17.9 Å². The molecule has 0 saturated heterocycles. The van der Waals surface area contributed by atoms with Crippen LogP contribution in [-0.2, 0) is 16.6 Å². The lowest BCUT2D eigenvalue weighted by Gasteiger charge is -2.16. The third-order valence-electron chi connectivity index (χ3n) is 4.68. The minimum Gasteiger partial charge on any atom is -0.478 e. The average molecular weight is 404 g/mol. The number of nitrogens with one attached hydrogen (secondary N) is 2. The number of benzene rings is 1. The maximum Gasteiger partial charge on any atom is 0.335 e. The average Bonchev–Trinajstić information content (AvgIpc) is 3.21. The Hall–Kier alpha value is -2.58. The van der Waals surface area contributed by atoms with Crippen molar-refractivity contribution in [1.29, 1.82) is 0 Å². The summed E-state index contributed by atoms with van der Waals surface area (Å²) in [6, 6.07) is 7.40. The highest BCUT2D eigenvalue weighted by molar-refractivity contribution is 7.89. The summed E-state index contributed by atoms with van der Waals surface area (Å²) in [5.74, 6) is -0.710. The Bertz CT molecular complexity index is 949. The van der Waals surface area contributed by atoms with Gasteiger partial charge in [0.05, 0.1) is 24.1 Å².